The molecule has 1 aromatic heterocycles. The molecule has 0 aliphatic carbocycles. The molecule has 1 heterocycles. The quantitative estimate of drug-likeness (QED) is 0.860. The van der Waals surface area contributed by atoms with E-state index in [2.05, 4.69) is 6.92 Å². The smallest absolute Gasteiger partial charge is 0.176 e. The second-order valence-corrected chi connectivity index (χ2v) is 3.96. The molecule has 2 N–H and O–H groups in total. The van der Waals surface area contributed by atoms with Gasteiger partial charge in [0.1, 0.15) is 5.76 Å². The highest BCUT2D eigenvalue weighted by Crippen LogP contribution is 2.28. The van der Waals surface area contributed by atoms with Gasteiger partial charge in [-0.05, 0) is 18.6 Å². The Hall–Kier alpha value is -1.48. The summed E-state index contributed by atoms with van der Waals surface area (Å²) < 4.78 is 11.0. The zero-order valence-electron chi connectivity index (χ0n) is 9.69. The monoisotopic (exact) mass is 219 g/mol. The van der Waals surface area contributed by atoms with E-state index < -0.39 is 0 Å². The first-order chi connectivity index (χ1) is 7.74. The van der Waals surface area contributed by atoms with Crippen molar-refractivity contribution in [2.75, 3.05) is 7.11 Å². The Kier molecular flexibility index (Phi) is 3.15. The predicted molar refractivity (Wildman–Crippen MR) is 64.7 cm³/mol. The summed E-state index contributed by atoms with van der Waals surface area (Å²) in [4.78, 5) is 0. The van der Waals surface area contributed by atoms with Gasteiger partial charge in [0.2, 0.25) is 0 Å². The molecule has 0 aliphatic rings. The Morgan fingerprint density at radius 2 is 2.25 bits per heavy atom. The Morgan fingerprint density at radius 1 is 1.44 bits per heavy atom. The highest BCUT2D eigenvalue weighted by Gasteiger charge is 2.10. The third-order valence-corrected chi connectivity index (χ3v) is 2.77. The van der Waals surface area contributed by atoms with Crippen LogP contribution < -0.4 is 10.5 Å². The molecule has 16 heavy (non-hydrogen) atoms. The second kappa shape index (κ2) is 4.58. The molecule has 0 fully saturated rings. The van der Waals surface area contributed by atoms with Crippen LogP contribution in [0.1, 0.15) is 19.1 Å². The normalized spacial score (nSPS) is 12.9. The van der Waals surface area contributed by atoms with Crippen LogP contribution in [-0.2, 0) is 6.42 Å². The number of benzene rings is 1. The SMILES string of the molecule is CCC(N)Cc1cc2cccc(OC)c2o1. The van der Waals surface area contributed by atoms with E-state index in [-0.39, 0.29) is 6.04 Å². The van der Waals surface area contributed by atoms with E-state index in [9.17, 15) is 0 Å². The standard InChI is InChI=1S/C13H17NO2/c1-3-10(14)8-11-7-9-5-4-6-12(15-2)13(9)16-11/h4-7,10H,3,8,14H2,1-2H3. The Labute approximate surface area is 95.2 Å². The fourth-order valence-electron chi connectivity index (χ4n) is 1.75. The molecule has 0 spiro atoms. The minimum atomic E-state index is 0.159. The molecular formula is C13H17NO2. The maximum absolute atomic E-state index is 5.91. The lowest BCUT2D eigenvalue weighted by atomic mass is 10.1. The molecule has 1 unspecified atom stereocenters. The van der Waals surface area contributed by atoms with Crippen molar-refractivity contribution in [3.05, 3.63) is 30.0 Å². The van der Waals surface area contributed by atoms with Crippen LogP contribution in [-0.4, -0.2) is 13.2 Å². The zero-order chi connectivity index (χ0) is 11.5. The van der Waals surface area contributed by atoms with E-state index in [0.29, 0.717) is 0 Å². The minimum Gasteiger partial charge on any atom is -0.493 e. The van der Waals surface area contributed by atoms with Crippen LogP contribution in [0.2, 0.25) is 0 Å². The van der Waals surface area contributed by atoms with Crippen molar-refractivity contribution in [2.45, 2.75) is 25.8 Å². The van der Waals surface area contributed by atoms with Crippen LogP contribution in [0.5, 0.6) is 5.75 Å². The average Bonchev–Trinajstić information content (AvgIpc) is 2.70. The topological polar surface area (TPSA) is 48.4 Å². The van der Waals surface area contributed by atoms with E-state index in [1.807, 2.05) is 24.3 Å². The van der Waals surface area contributed by atoms with Crippen molar-refractivity contribution >= 4 is 11.0 Å². The van der Waals surface area contributed by atoms with Gasteiger partial charge in [0.15, 0.2) is 11.3 Å². The van der Waals surface area contributed by atoms with E-state index in [1.54, 1.807) is 7.11 Å². The van der Waals surface area contributed by atoms with Gasteiger partial charge in [-0.1, -0.05) is 19.1 Å². The maximum atomic E-state index is 5.91. The van der Waals surface area contributed by atoms with Gasteiger partial charge in [0.25, 0.3) is 0 Å². The lowest BCUT2D eigenvalue weighted by Gasteiger charge is -2.04. The largest absolute Gasteiger partial charge is 0.493 e. The van der Waals surface area contributed by atoms with Gasteiger partial charge in [-0.25, -0.2) is 0 Å². The molecule has 0 saturated heterocycles. The zero-order valence-corrected chi connectivity index (χ0v) is 9.69. The molecule has 86 valence electrons. The number of para-hydroxylation sites is 1. The molecule has 1 atom stereocenters. The van der Waals surface area contributed by atoms with Gasteiger partial charge in [-0.15, -0.1) is 0 Å². The number of methoxy groups -OCH3 is 1. The molecule has 3 heteroatoms. The van der Waals surface area contributed by atoms with Gasteiger partial charge in [-0.3, -0.25) is 0 Å². The molecule has 0 amide bonds. The number of ether oxygens (including phenoxy) is 1. The van der Waals surface area contributed by atoms with Crippen LogP contribution in [0.15, 0.2) is 28.7 Å². The second-order valence-electron chi connectivity index (χ2n) is 3.96. The third kappa shape index (κ3) is 2.04. The number of furan rings is 1. The van der Waals surface area contributed by atoms with Crippen LogP contribution >= 0.6 is 0 Å². The fourth-order valence-corrected chi connectivity index (χ4v) is 1.75. The molecule has 2 rings (SSSR count). The van der Waals surface area contributed by atoms with Crippen LogP contribution in [0.25, 0.3) is 11.0 Å². The molecular weight excluding hydrogens is 202 g/mol. The first-order valence-corrected chi connectivity index (χ1v) is 5.55. The first kappa shape index (κ1) is 11.0. The molecule has 0 saturated carbocycles. The van der Waals surface area contributed by atoms with Gasteiger partial charge in [0, 0.05) is 17.8 Å². The van der Waals surface area contributed by atoms with Crippen LogP contribution in [0, 0.1) is 0 Å². The molecule has 3 nitrogen and oxygen atoms in total. The van der Waals surface area contributed by atoms with Crippen molar-refractivity contribution in [3.63, 3.8) is 0 Å². The van der Waals surface area contributed by atoms with E-state index >= 15 is 0 Å². The van der Waals surface area contributed by atoms with Crippen molar-refractivity contribution in [2.24, 2.45) is 5.73 Å². The predicted octanol–water partition coefficient (Wildman–Crippen LogP) is 2.72. The average molecular weight is 219 g/mol. The number of rotatable bonds is 4. The lowest BCUT2D eigenvalue weighted by Crippen LogP contribution is -2.20. The first-order valence-electron chi connectivity index (χ1n) is 5.55. The molecule has 2 aromatic rings. The third-order valence-electron chi connectivity index (χ3n) is 2.77. The van der Waals surface area contributed by atoms with Gasteiger partial charge >= 0.3 is 0 Å². The summed E-state index contributed by atoms with van der Waals surface area (Å²) in [5.41, 5.74) is 6.71. The lowest BCUT2D eigenvalue weighted by molar-refractivity contribution is 0.406. The Balaban J connectivity index is 2.36. The Morgan fingerprint density at radius 3 is 2.94 bits per heavy atom. The summed E-state index contributed by atoms with van der Waals surface area (Å²) in [6, 6.07) is 8.07. The minimum absolute atomic E-state index is 0.159. The molecule has 0 radical (unpaired) electrons. The number of fused-ring (bicyclic) bond motifs is 1. The highest BCUT2D eigenvalue weighted by molar-refractivity contribution is 5.83. The van der Waals surface area contributed by atoms with E-state index in [4.69, 9.17) is 14.9 Å². The summed E-state index contributed by atoms with van der Waals surface area (Å²) in [5, 5.41) is 1.07. The summed E-state index contributed by atoms with van der Waals surface area (Å²) in [5.74, 6) is 1.70. The molecule has 0 aliphatic heterocycles. The number of nitrogens with two attached hydrogens (primary N) is 1. The van der Waals surface area contributed by atoms with E-state index in [1.165, 1.54) is 0 Å². The van der Waals surface area contributed by atoms with Gasteiger partial charge < -0.3 is 14.9 Å². The molecule has 0 bridgehead atoms. The van der Waals surface area contributed by atoms with Crippen molar-refractivity contribution < 1.29 is 9.15 Å². The number of hydrogen-bond donors (Lipinski definition) is 1. The summed E-state index contributed by atoms with van der Waals surface area (Å²) in [6.07, 6.45) is 1.72. The summed E-state index contributed by atoms with van der Waals surface area (Å²) in [7, 11) is 1.65. The number of hydrogen-bond acceptors (Lipinski definition) is 3. The van der Waals surface area contributed by atoms with Gasteiger partial charge in [0.05, 0.1) is 7.11 Å². The summed E-state index contributed by atoms with van der Waals surface area (Å²) >= 11 is 0. The highest BCUT2D eigenvalue weighted by atomic mass is 16.5. The van der Waals surface area contributed by atoms with E-state index in [0.717, 1.165) is 35.3 Å². The fraction of sp³-hybridized carbons (Fsp3) is 0.385. The van der Waals surface area contributed by atoms with Gasteiger partial charge in [-0.2, -0.15) is 0 Å². The molecule has 1 aromatic carbocycles. The Bertz CT molecular complexity index is 476. The van der Waals surface area contributed by atoms with Crippen molar-refractivity contribution in [1.82, 2.24) is 0 Å². The summed E-state index contributed by atoms with van der Waals surface area (Å²) in [6.45, 7) is 2.08. The van der Waals surface area contributed by atoms with Crippen molar-refractivity contribution in [3.8, 4) is 5.75 Å². The van der Waals surface area contributed by atoms with Crippen LogP contribution in [0.4, 0.5) is 0 Å². The van der Waals surface area contributed by atoms with Crippen molar-refractivity contribution in [1.29, 1.82) is 0 Å². The van der Waals surface area contributed by atoms with Crippen LogP contribution in [0.3, 0.4) is 0 Å². The maximum Gasteiger partial charge on any atom is 0.176 e.